The van der Waals surface area contributed by atoms with Gasteiger partial charge in [-0.3, -0.25) is 0 Å². The van der Waals surface area contributed by atoms with E-state index in [0.29, 0.717) is 11.5 Å². The van der Waals surface area contributed by atoms with Gasteiger partial charge in [-0.2, -0.15) is 0 Å². The molecule has 0 spiro atoms. The highest BCUT2D eigenvalue weighted by Crippen LogP contribution is 2.43. The van der Waals surface area contributed by atoms with E-state index in [2.05, 4.69) is 63.1 Å². The molecule has 2 nitrogen and oxygen atoms in total. The zero-order valence-corrected chi connectivity index (χ0v) is 31.9. The molecule has 0 aliphatic heterocycles. The summed E-state index contributed by atoms with van der Waals surface area (Å²) in [5.74, 6) is 2.57. The van der Waals surface area contributed by atoms with Gasteiger partial charge in [0.1, 0.15) is 0 Å². The topological polar surface area (TPSA) is 18.5 Å². The van der Waals surface area contributed by atoms with Crippen LogP contribution in [-0.4, -0.2) is 53.8 Å². The summed E-state index contributed by atoms with van der Waals surface area (Å²) < 4.78 is 12.9. The number of hydrogen-bond donors (Lipinski definition) is 0. The first-order valence-electron chi connectivity index (χ1n) is 16.5. The van der Waals surface area contributed by atoms with Crippen LogP contribution in [0.1, 0.15) is 131 Å². The number of rotatable bonds is 31. The quantitative estimate of drug-likeness (QED) is 0.0422. The van der Waals surface area contributed by atoms with Crippen LogP contribution in [0.25, 0.3) is 0 Å². The van der Waals surface area contributed by atoms with Gasteiger partial charge in [0.25, 0.3) is 0 Å². The second kappa shape index (κ2) is 31.7. The van der Waals surface area contributed by atoms with Crippen LogP contribution in [0, 0.1) is 0 Å². The van der Waals surface area contributed by atoms with Gasteiger partial charge in [-0.25, -0.2) is 0 Å². The van der Waals surface area contributed by atoms with Gasteiger partial charge in [0.15, 0.2) is 0 Å². The van der Waals surface area contributed by atoms with Crippen molar-refractivity contribution < 1.29 is 9.47 Å². The molecule has 2 unspecified atom stereocenters. The van der Waals surface area contributed by atoms with Gasteiger partial charge in [-0.05, 0) is 58.2 Å². The highest BCUT2D eigenvalue weighted by Gasteiger charge is 2.23. The molecule has 8 heteroatoms. The normalized spacial score (nSPS) is 13.6. The summed E-state index contributed by atoms with van der Waals surface area (Å²) in [7, 11) is 6.63. The number of unbranched alkanes of at least 4 members (excludes halogenated alkanes) is 4. The van der Waals surface area contributed by atoms with Crippen LogP contribution in [0.5, 0.6) is 0 Å². The van der Waals surface area contributed by atoms with E-state index in [1.807, 2.05) is 19.7 Å². The van der Waals surface area contributed by atoms with Crippen molar-refractivity contribution in [2.24, 2.45) is 0 Å². The lowest BCUT2D eigenvalue weighted by molar-refractivity contribution is 0.0915. The first-order chi connectivity index (χ1) is 18.7. The molecule has 0 amide bonds. The Morgan fingerprint density at radius 3 is 1.16 bits per heavy atom. The Hall–Kier alpha value is 1.75. The van der Waals surface area contributed by atoms with Crippen LogP contribution < -0.4 is 0 Å². The molecule has 0 rings (SSSR count). The summed E-state index contributed by atoms with van der Waals surface area (Å²) in [6, 6.07) is 5.87. The summed E-state index contributed by atoms with van der Waals surface area (Å²) >= 11 is 0. The zero-order chi connectivity index (χ0) is 28.1. The van der Waals surface area contributed by atoms with Crippen molar-refractivity contribution in [1.82, 2.24) is 0 Å². The third-order valence-electron chi connectivity index (χ3n) is 7.41. The van der Waals surface area contributed by atoms with E-state index in [9.17, 15) is 0 Å². The van der Waals surface area contributed by atoms with Crippen LogP contribution in [0.4, 0.5) is 0 Å². The molecule has 0 heterocycles. The Morgan fingerprint density at radius 2 is 0.842 bits per heavy atom. The molecule has 0 aromatic rings. The van der Waals surface area contributed by atoms with E-state index in [1.54, 1.807) is 0 Å². The molecule has 0 aromatic heterocycles. The fourth-order valence-corrected chi connectivity index (χ4v) is 18.8. The highest BCUT2D eigenvalue weighted by atomic mass is 33.7. The summed E-state index contributed by atoms with van der Waals surface area (Å²) in [5.41, 5.74) is 1.25. The zero-order valence-electron chi connectivity index (χ0n) is 26.3. The van der Waals surface area contributed by atoms with E-state index < -0.39 is 17.6 Å². The molecule has 0 aromatic carbocycles. The molecule has 0 saturated carbocycles. The van der Waals surface area contributed by atoms with Crippen LogP contribution >= 0.6 is 41.2 Å². The Balaban J connectivity index is 4.01. The van der Waals surface area contributed by atoms with Crippen molar-refractivity contribution in [1.29, 1.82) is 0 Å². The largest absolute Gasteiger partial charge is 0.382 e. The summed E-state index contributed by atoms with van der Waals surface area (Å²) in [6.07, 6.45) is 18.4. The molecule has 0 fully saturated rings. The van der Waals surface area contributed by atoms with Gasteiger partial charge >= 0.3 is 0 Å². The standard InChI is InChI=1S/C30H66O2S4Si2/c1-7-13-21-31-29(37(25-9-3)26-10-4)19-15-17-23-33-35-36-34-24-18-16-20-30(32-22-14-8-2)38(27-11-5)28-12-6/h29-30,37-38H,7-28H2,1-6H3. The first-order valence-corrected chi connectivity index (χ1v) is 26.2. The number of hydrogen-bond acceptors (Lipinski definition) is 6. The molecule has 38 heavy (non-hydrogen) atoms. The smallest absolute Gasteiger partial charge is 0.0716 e. The van der Waals surface area contributed by atoms with Crippen molar-refractivity contribution in [3.05, 3.63) is 0 Å². The molecule has 0 radical (unpaired) electrons. The second-order valence-electron chi connectivity index (χ2n) is 11.0. The van der Waals surface area contributed by atoms with Crippen molar-refractivity contribution in [3.63, 3.8) is 0 Å². The average molecular weight is 643 g/mol. The van der Waals surface area contributed by atoms with Gasteiger partial charge in [0.05, 0.1) is 17.6 Å². The SMILES string of the molecule is CCCCOC(CCCCSSSSCCCCC(OCCCC)[SiH](CCC)CCC)[SiH](CCC)CCC. The summed E-state index contributed by atoms with van der Waals surface area (Å²) in [4.78, 5) is 0. The molecular formula is C30H66O2S4Si2. The molecule has 0 saturated heterocycles. The minimum absolute atomic E-state index is 0.627. The molecule has 2 atom stereocenters. The van der Waals surface area contributed by atoms with Crippen LogP contribution in [0.2, 0.25) is 24.2 Å². The molecule has 0 aliphatic rings. The first kappa shape index (κ1) is 39.8. The maximum Gasteiger partial charge on any atom is 0.0716 e. The fourth-order valence-electron chi connectivity index (χ4n) is 5.30. The Kier molecular flexibility index (Phi) is 33.1. The fraction of sp³-hybridized carbons (Fsp3) is 1.00. The third-order valence-corrected chi connectivity index (χ3v) is 22.5. The molecular weight excluding hydrogens is 577 g/mol. The van der Waals surface area contributed by atoms with Crippen molar-refractivity contribution in [2.45, 2.75) is 167 Å². The van der Waals surface area contributed by atoms with Crippen LogP contribution in [-0.2, 0) is 9.47 Å². The molecule has 0 bridgehead atoms. The Labute approximate surface area is 258 Å². The lowest BCUT2D eigenvalue weighted by Gasteiger charge is -2.26. The maximum absolute atomic E-state index is 6.45. The van der Waals surface area contributed by atoms with Gasteiger partial charge < -0.3 is 9.47 Å². The van der Waals surface area contributed by atoms with Crippen molar-refractivity contribution in [2.75, 3.05) is 24.7 Å². The average Bonchev–Trinajstić information content (AvgIpc) is 2.91. The van der Waals surface area contributed by atoms with Crippen LogP contribution in [0.15, 0.2) is 0 Å². The Morgan fingerprint density at radius 1 is 0.474 bits per heavy atom. The van der Waals surface area contributed by atoms with Crippen molar-refractivity contribution >= 4 is 58.8 Å². The van der Waals surface area contributed by atoms with E-state index >= 15 is 0 Å². The predicted octanol–water partition coefficient (Wildman–Crippen LogP) is 11.5. The van der Waals surface area contributed by atoms with Gasteiger partial charge in [-0.1, -0.05) is 139 Å². The van der Waals surface area contributed by atoms with Crippen LogP contribution in [0.3, 0.4) is 0 Å². The van der Waals surface area contributed by atoms with E-state index in [1.165, 1.54) is 126 Å². The van der Waals surface area contributed by atoms with E-state index in [4.69, 9.17) is 9.47 Å². The highest BCUT2D eigenvalue weighted by molar-refractivity contribution is 9.26. The molecule has 0 aliphatic carbocycles. The minimum Gasteiger partial charge on any atom is -0.382 e. The molecule has 230 valence electrons. The predicted molar refractivity (Wildman–Crippen MR) is 192 cm³/mol. The lowest BCUT2D eigenvalue weighted by Crippen LogP contribution is -2.33. The monoisotopic (exact) mass is 642 g/mol. The van der Waals surface area contributed by atoms with Gasteiger partial charge in [0.2, 0.25) is 0 Å². The van der Waals surface area contributed by atoms with Gasteiger partial charge in [-0.15, -0.1) is 0 Å². The third kappa shape index (κ3) is 23.3. The second-order valence-corrected chi connectivity index (χ2v) is 24.0. The number of ether oxygens (including phenoxy) is 2. The minimum atomic E-state index is -0.751. The lowest BCUT2D eigenvalue weighted by atomic mass is 10.2. The Bertz CT molecular complexity index is 414. The van der Waals surface area contributed by atoms with E-state index in [-0.39, 0.29) is 0 Å². The summed E-state index contributed by atoms with van der Waals surface area (Å²) in [5, 5.41) is 0. The van der Waals surface area contributed by atoms with E-state index in [0.717, 1.165) is 13.2 Å². The maximum atomic E-state index is 6.45. The summed E-state index contributed by atoms with van der Waals surface area (Å²) in [6.45, 7) is 16.0. The molecule has 0 N–H and O–H groups in total. The van der Waals surface area contributed by atoms with Gasteiger partial charge in [0, 0.05) is 36.2 Å². The van der Waals surface area contributed by atoms with Crippen molar-refractivity contribution in [3.8, 4) is 0 Å².